The second-order valence-electron chi connectivity index (χ2n) is 9.53. The number of hydrogen-bond acceptors (Lipinski definition) is 5. The van der Waals surface area contributed by atoms with Crippen LogP contribution in [0.1, 0.15) is 18.4 Å². The summed E-state index contributed by atoms with van der Waals surface area (Å²) < 4.78 is 10.8. The molecule has 38 heavy (non-hydrogen) atoms. The summed E-state index contributed by atoms with van der Waals surface area (Å²) in [6, 6.07) is 24.3. The lowest BCUT2D eigenvalue weighted by molar-refractivity contribution is -0.125. The number of carbonyl (C=O) groups excluding carboxylic acids is 1. The molecule has 3 aromatic heterocycles. The van der Waals surface area contributed by atoms with Crippen molar-refractivity contribution in [2.75, 3.05) is 25.6 Å². The van der Waals surface area contributed by atoms with Gasteiger partial charge in [-0.3, -0.25) is 4.79 Å². The highest BCUT2D eigenvalue weighted by atomic mass is 16.5. The average molecular weight is 505 g/mol. The van der Waals surface area contributed by atoms with Crippen LogP contribution < -0.4 is 10.1 Å². The Balaban J connectivity index is 1.23. The predicted octanol–water partition coefficient (Wildman–Crippen LogP) is 5.99. The molecule has 0 aliphatic carbocycles. The standard InChI is InChI=1S/C31H28N4O3/c1-37-29-11-6-25(20-34-29)24-5-10-28(33-19-24)35-30(36)31(13-16-38-17-14-31)26-7-2-21(3-8-26)22-4-9-27-23(18-22)12-15-32-27/h2-12,15,18-20,32H,13-14,16-17H2,1H3,(H,33,35,36). The fraction of sp³-hybridized carbons (Fsp3) is 0.194. The first-order chi connectivity index (χ1) is 18.6. The first kappa shape index (κ1) is 23.9. The smallest absolute Gasteiger partial charge is 0.236 e. The van der Waals surface area contributed by atoms with Crippen LogP contribution in [-0.4, -0.2) is 41.2 Å². The molecule has 5 aromatic rings. The summed E-state index contributed by atoms with van der Waals surface area (Å²) in [7, 11) is 1.59. The molecule has 1 fully saturated rings. The largest absolute Gasteiger partial charge is 0.481 e. The number of rotatable bonds is 6. The van der Waals surface area contributed by atoms with Gasteiger partial charge in [0.2, 0.25) is 11.8 Å². The molecule has 1 amide bonds. The average Bonchev–Trinajstić information content (AvgIpc) is 3.46. The monoisotopic (exact) mass is 504 g/mol. The van der Waals surface area contributed by atoms with Crippen LogP contribution in [0, 0.1) is 0 Å². The minimum absolute atomic E-state index is 0.0614. The van der Waals surface area contributed by atoms with Crippen molar-refractivity contribution in [3.05, 3.63) is 97.0 Å². The molecular weight excluding hydrogens is 476 g/mol. The molecule has 1 aliphatic heterocycles. The van der Waals surface area contributed by atoms with Gasteiger partial charge < -0.3 is 19.8 Å². The van der Waals surface area contributed by atoms with Gasteiger partial charge in [-0.05, 0) is 71.3 Å². The maximum Gasteiger partial charge on any atom is 0.236 e. The number of H-pyrrole nitrogens is 1. The van der Waals surface area contributed by atoms with E-state index in [9.17, 15) is 4.79 Å². The fourth-order valence-electron chi connectivity index (χ4n) is 5.13. The Morgan fingerprint density at radius 3 is 2.26 bits per heavy atom. The molecule has 0 unspecified atom stereocenters. The molecule has 7 heteroatoms. The van der Waals surface area contributed by atoms with E-state index in [1.165, 1.54) is 5.39 Å². The Hall–Kier alpha value is -4.49. The van der Waals surface area contributed by atoms with Crippen molar-refractivity contribution in [3.8, 4) is 28.1 Å². The van der Waals surface area contributed by atoms with Crippen LogP contribution in [0.25, 0.3) is 33.2 Å². The number of amides is 1. The van der Waals surface area contributed by atoms with E-state index < -0.39 is 5.41 Å². The zero-order chi connectivity index (χ0) is 26.0. The van der Waals surface area contributed by atoms with Crippen LogP contribution >= 0.6 is 0 Å². The van der Waals surface area contributed by atoms with Gasteiger partial charge in [0.15, 0.2) is 0 Å². The van der Waals surface area contributed by atoms with Gasteiger partial charge in [-0.1, -0.05) is 30.3 Å². The first-order valence-electron chi connectivity index (χ1n) is 12.7. The van der Waals surface area contributed by atoms with Crippen LogP contribution in [0.15, 0.2) is 91.4 Å². The number of pyridine rings is 2. The minimum Gasteiger partial charge on any atom is -0.481 e. The van der Waals surface area contributed by atoms with Gasteiger partial charge in [-0.15, -0.1) is 0 Å². The minimum atomic E-state index is -0.679. The number of carbonyl (C=O) groups is 1. The molecule has 1 saturated heterocycles. The number of aromatic nitrogens is 3. The number of benzene rings is 2. The number of nitrogens with zero attached hydrogens (tertiary/aromatic N) is 2. The van der Waals surface area contributed by atoms with Gasteiger partial charge in [0.25, 0.3) is 0 Å². The molecular formula is C31H28N4O3. The normalized spacial score (nSPS) is 14.8. The molecule has 7 nitrogen and oxygen atoms in total. The Labute approximate surface area is 220 Å². The molecule has 2 aromatic carbocycles. The highest BCUT2D eigenvalue weighted by Crippen LogP contribution is 2.37. The van der Waals surface area contributed by atoms with Gasteiger partial charge in [0.05, 0.1) is 12.5 Å². The highest BCUT2D eigenvalue weighted by molar-refractivity contribution is 5.99. The van der Waals surface area contributed by atoms with Gasteiger partial charge in [0, 0.05) is 54.5 Å². The lowest BCUT2D eigenvalue weighted by Gasteiger charge is -2.36. The third-order valence-electron chi connectivity index (χ3n) is 7.39. The molecule has 6 rings (SSSR count). The van der Waals surface area contributed by atoms with E-state index >= 15 is 0 Å². The molecule has 0 radical (unpaired) electrons. The topological polar surface area (TPSA) is 89.1 Å². The number of anilines is 1. The number of ether oxygens (including phenoxy) is 2. The number of aromatic amines is 1. The SMILES string of the molecule is COc1ccc(-c2ccc(NC(=O)C3(c4ccc(-c5ccc6[nH]ccc6c5)cc4)CCOCC3)nc2)cn1. The first-order valence-corrected chi connectivity index (χ1v) is 12.7. The molecule has 2 N–H and O–H groups in total. The summed E-state index contributed by atoms with van der Waals surface area (Å²) >= 11 is 0. The maximum absolute atomic E-state index is 13.8. The number of hydrogen-bond donors (Lipinski definition) is 2. The molecule has 0 atom stereocenters. The highest BCUT2D eigenvalue weighted by Gasteiger charge is 2.42. The summed E-state index contributed by atoms with van der Waals surface area (Å²) in [5.74, 6) is 1.01. The van der Waals surface area contributed by atoms with E-state index in [1.807, 2.05) is 30.5 Å². The van der Waals surface area contributed by atoms with Crippen molar-refractivity contribution in [2.24, 2.45) is 0 Å². The molecule has 0 spiro atoms. The third-order valence-corrected chi connectivity index (χ3v) is 7.39. The molecule has 4 heterocycles. The second-order valence-corrected chi connectivity index (χ2v) is 9.53. The summed E-state index contributed by atoms with van der Waals surface area (Å²) in [6.45, 7) is 1.08. The van der Waals surface area contributed by atoms with Crippen LogP contribution in [0.5, 0.6) is 5.88 Å². The van der Waals surface area contributed by atoms with Crippen molar-refractivity contribution >= 4 is 22.6 Å². The lowest BCUT2D eigenvalue weighted by Crippen LogP contribution is -2.45. The van der Waals surface area contributed by atoms with Gasteiger partial charge in [-0.25, -0.2) is 9.97 Å². The summed E-state index contributed by atoms with van der Waals surface area (Å²) in [4.78, 5) is 25.7. The Kier molecular flexibility index (Phi) is 6.35. The van der Waals surface area contributed by atoms with E-state index in [1.54, 1.807) is 19.5 Å². The van der Waals surface area contributed by atoms with Crippen LogP contribution in [0.4, 0.5) is 5.82 Å². The number of methoxy groups -OCH3 is 1. The van der Waals surface area contributed by atoms with E-state index in [-0.39, 0.29) is 5.91 Å². The zero-order valence-corrected chi connectivity index (χ0v) is 21.1. The molecule has 190 valence electrons. The van der Waals surface area contributed by atoms with E-state index in [0.717, 1.165) is 33.3 Å². The Morgan fingerprint density at radius 2 is 1.58 bits per heavy atom. The molecule has 1 aliphatic rings. The van der Waals surface area contributed by atoms with Crippen LogP contribution in [-0.2, 0) is 14.9 Å². The molecule has 0 bridgehead atoms. The predicted molar refractivity (Wildman–Crippen MR) is 148 cm³/mol. The Bertz CT molecular complexity index is 1550. The number of nitrogens with one attached hydrogen (secondary N) is 2. The fourth-order valence-corrected chi connectivity index (χ4v) is 5.13. The van der Waals surface area contributed by atoms with Crippen molar-refractivity contribution in [1.82, 2.24) is 15.0 Å². The quantitative estimate of drug-likeness (QED) is 0.297. The second kappa shape index (κ2) is 10.1. The maximum atomic E-state index is 13.8. The van der Waals surface area contributed by atoms with Crippen LogP contribution in [0.3, 0.4) is 0 Å². The van der Waals surface area contributed by atoms with Crippen molar-refractivity contribution in [3.63, 3.8) is 0 Å². The number of fused-ring (bicyclic) bond motifs is 1. The van der Waals surface area contributed by atoms with Gasteiger partial charge >= 0.3 is 0 Å². The van der Waals surface area contributed by atoms with Crippen molar-refractivity contribution in [1.29, 1.82) is 0 Å². The van der Waals surface area contributed by atoms with Crippen molar-refractivity contribution in [2.45, 2.75) is 18.3 Å². The third kappa shape index (κ3) is 4.53. The van der Waals surface area contributed by atoms with Crippen LogP contribution in [0.2, 0.25) is 0 Å². The summed E-state index contributed by atoms with van der Waals surface area (Å²) in [6.07, 6.45) is 6.66. The van der Waals surface area contributed by atoms with Gasteiger partial charge in [0.1, 0.15) is 5.82 Å². The molecule has 0 saturated carbocycles. The lowest BCUT2D eigenvalue weighted by atomic mass is 9.73. The zero-order valence-electron chi connectivity index (χ0n) is 21.1. The Morgan fingerprint density at radius 1 is 0.868 bits per heavy atom. The van der Waals surface area contributed by atoms with E-state index in [0.29, 0.717) is 37.8 Å². The van der Waals surface area contributed by atoms with E-state index in [4.69, 9.17) is 9.47 Å². The van der Waals surface area contributed by atoms with Gasteiger partial charge in [-0.2, -0.15) is 0 Å². The van der Waals surface area contributed by atoms with Crippen molar-refractivity contribution < 1.29 is 14.3 Å². The summed E-state index contributed by atoms with van der Waals surface area (Å²) in [5.41, 5.74) is 5.52. The van der Waals surface area contributed by atoms with E-state index in [2.05, 4.69) is 68.8 Å². The summed E-state index contributed by atoms with van der Waals surface area (Å²) in [5, 5.41) is 4.24.